The molecule has 1 N–H and O–H groups in total. The van der Waals surface area contributed by atoms with Crippen molar-refractivity contribution in [2.75, 3.05) is 33.4 Å². The van der Waals surface area contributed by atoms with E-state index < -0.39 is 0 Å². The van der Waals surface area contributed by atoms with Gasteiger partial charge in [0.25, 0.3) is 0 Å². The Balaban J connectivity index is 1.34. The number of benzene rings is 2. The highest BCUT2D eigenvalue weighted by atomic mass is 19.1. The van der Waals surface area contributed by atoms with Gasteiger partial charge in [-0.3, -0.25) is 4.90 Å². The van der Waals surface area contributed by atoms with Gasteiger partial charge in [0, 0.05) is 23.7 Å². The highest BCUT2D eigenvalue weighted by Gasteiger charge is 2.27. The summed E-state index contributed by atoms with van der Waals surface area (Å²) in [6.07, 6.45) is 7.34. The van der Waals surface area contributed by atoms with Crippen molar-refractivity contribution in [2.24, 2.45) is 5.92 Å². The van der Waals surface area contributed by atoms with Gasteiger partial charge in [0.2, 0.25) is 0 Å². The Morgan fingerprint density at radius 1 is 1.06 bits per heavy atom. The Morgan fingerprint density at radius 2 is 1.79 bits per heavy atom. The molecule has 0 saturated carbocycles. The second-order valence-electron chi connectivity index (χ2n) is 8.95. The maximum Gasteiger partial charge on any atom is 0.124 e. The summed E-state index contributed by atoms with van der Waals surface area (Å²) in [5.41, 5.74) is 2.65. The van der Waals surface area contributed by atoms with Gasteiger partial charge in [0.1, 0.15) is 23.9 Å². The summed E-state index contributed by atoms with van der Waals surface area (Å²) >= 11 is 0. The topological polar surface area (TPSA) is 33.7 Å². The van der Waals surface area contributed by atoms with Gasteiger partial charge in [-0.05, 0) is 74.7 Å². The van der Waals surface area contributed by atoms with Crippen LogP contribution in [0.1, 0.15) is 37.3 Å². The molecular formula is C29H35FN2O2. The molecular weight excluding hydrogens is 427 g/mol. The van der Waals surface area contributed by atoms with Crippen LogP contribution in [0.2, 0.25) is 0 Å². The van der Waals surface area contributed by atoms with Crippen molar-refractivity contribution in [1.29, 1.82) is 0 Å². The molecule has 0 aromatic heterocycles. The van der Waals surface area contributed by atoms with Gasteiger partial charge in [-0.15, -0.1) is 0 Å². The van der Waals surface area contributed by atoms with Crippen LogP contribution in [0.15, 0.2) is 90.4 Å². The van der Waals surface area contributed by atoms with E-state index in [-0.39, 0.29) is 11.9 Å². The zero-order valence-electron chi connectivity index (χ0n) is 20.0. The third-order valence-electron chi connectivity index (χ3n) is 6.70. The zero-order chi connectivity index (χ0) is 23.8. The molecule has 1 atom stereocenters. The van der Waals surface area contributed by atoms with Crippen LogP contribution in [0, 0.1) is 5.92 Å². The maximum atomic E-state index is 14.8. The number of para-hydroxylation sites is 1. The number of ether oxygens (including phenoxy) is 2. The molecule has 2 aromatic rings. The third kappa shape index (κ3) is 6.29. The molecule has 2 aromatic carbocycles. The van der Waals surface area contributed by atoms with Gasteiger partial charge in [-0.1, -0.05) is 43.0 Å². The van der Waals surface area contributed by atoms with E-state index in [0.29, 0.717) is 18.1 Å². The molecule has 0 bridgehead atoms. The molecule has 1 saturated heterocycles. The monoisotopic (exact) mass is 462 g/mol. The average Bonchev–Trinajstić information content (AvgIpc) is 2.89. The predicted molar refractivity (Wildman–Crippen MR) is 136 cm³/mol. The van der Waals surface area contributed by atoms with Crippen molar-refractivity contribution in [3.8, 4) is 11.5 Å². The van der Waals surface area contributed by atoms with E-state index in [9.17, 15) is 4.39 Å². The van der Waals surface area contributed by atoms with E-state index in [0.717, 1.165) is 68.1 Å². The highest BCUT2D eigenvalue weighted by Crippen LogP contribution is 2.35. The first-order chi connectivity index (χ1) is 16.6. The Kier molecular flexibility index (Phi) is 8.42. The SMILES string of the molecule is C=C(NC(C1=CCCC=C1F)c1cccc(OC)c1)C1CCN(CCOc2ccccc2)CC1. The van der Waals surface area contributed by atoms with Crippen molar-refractivity contribution in [3.63, 3.8) is 0 Å². The molecule has 1 aliphatic heterocycles. The van der Waals surface area contributed by atoms with Crippen molar-refractivity contribution < 1.29 is 13.9 Å². The summed E-state index contributed by atoms with van der Waals surface area (Å²) in [7, 11) is 1.65. The number of rotatable bonds is 10. The van der Waals surface area contributed by atoms with Gasteiger partial charge in [-0.2, -0.15) is 0 Å². The number of methoxy groups -OCH3 is 1. The maximum absolute atomic E-state index is 14.8. The molecule has 2 aliphatic rings. The normalized spacial score (nSPS) is 17.9. The molecule has 1 unspecified atom stereocenters. The van der Waals surface area contributed by atoms with Crippen LogP contribution in [0.25, 0.3) is 0 Å². The lowest BCUT2D eigenvalue weighted by Crippen LogP contribution is -2.39. The standard InChI is InChI=1S/C29H35FN2O2/c1-22(23-15-17-32(18-16-23)19-20-34-25-10-4-3-5-11-25)31-29(27-13-6-7-14-28(27)30)24-9-8-12-26(21-24)33-2/h3-5,8-14,21,23,29,31H,1,6-7,15-20H2,2H3. The van der Waals surface area contributed by atoms with Gasteiger partial charge in [0.15, 0.2) is 0 Å². The summed E-state index contributed by atoms with van der Waals surface area (Å²) in [6, 6.07) is 17.5. The third-order valence-corrected chi connectivity index (χ3v) is 6.70. The number of halogens is 1. The summed E-state index contributed by atoms with van der Waals surface area (Å²) in [5.74, 6) is 1.89. The largest absolute Gasteiger partial charge is 0.497 e. The Hall–Kier alpha value is -3.05. The predicted octanol–water partition coefficient (Wildman–Crippen LogP) is 6.20. The molecule has 5 heteroatoms. The van der Waals surface area contributed by atoms with E-state index in [1.54, 1.807) is 13.2 Å². The Labute approximate surface area is 202 Å². The summed E-state index contributed by atoms with van der Waals surface area (Å²) in [4.78, 5) is 2.44. The molecule has 1 fully saturated rings. The number of allylic oxidation sites excluding steroid dienone is 3. The van der Waals surface area contributed by atoms with Crippen molar-refractivity contribution in [1.82, 2.24) is 10.2 Å². The second-order valence-corrected chi connectivity index (χ2v) is 8.95. The van der Waals surface area contributed by atoms with Crippen LogP contribution >= 0.6 is 0 Å². The van der Waals surface area contributed by atoms with Gasteiger partial charge in [-0.25, -0.2) is 4.39 Å². The van der Waals surface area contributed by atoms with E-state index in [1.165, 1.54) is 0 Å². The van der Waals surface area contributed by atoms with Gasteiger partial charge in [0.05, 0.1) is 13.2 Å². The van der Waals surface area contributed by atoms with Crippen LogP contribution in [0.5, 0.6) is 11.5 Å². The van der Waals surface area contributed by atoms with Crippen molar-refractivity contribution in [3.05, 3.63) is 96.0 Å². The molecule has 0 amide bonds. The minimum atomic E-state index is -0.281. The lowest BCUT2D eigenvalue weighted by molar-refractivity contribution is 0.162. The zero-order valence-corrected chi connectivity index (χ0v) is 20.0. The van der Waals surface area contributed by atoms with Gasteiger partial charge < -0.3 is 14.8 Å². The first kappa shape index (κ1) is 24.1. The lowest BCUT2D eigenvalue weighted by atomic mass is 9.90. The Bertz CT molecular complexity index is 1010. The molecule has 34 heavy (non-hydrogen) atoms. The minimum Gasteiger partial charge on any atom is -0.497 e. The number of likely N-dealkylation sites (tertiary alicyclic amines) is 1. The number of piperidine rings is 1. The van der Waals surface area contributed by atoms with Crippen LogP contribution in [-0.4, -0.2) is 38.3 Å². The number of nitrogens with zero attached hydrogens (tertiary/aromatic N) is 1. The number of nitrogens with one attached hydrogen (secondary N) is 1. The van der Waals surface area contributed by atoms with Crippen molar-refractivity contribution in [2.45, 2.75) is 31.7 Å². The fraction of sp³-hybridized carbons (Fsp3) is 0.379. The number of hydrogen-bond donors (Lipinski definition) is 1. The Morgan fingerprint density at radius 3 is 2.53 bits per heavy atom. The van der Waals surface area contributed by atoms with E-state index in [1.807, 2.05) is 60.7 Å². The fourth-order valence-corrected chi connectivity index (χ4v) is 4.70. The first-order valence-electron chi connectivity index (χ1n) is 12.2. The minimum absolute atomic E-state index is 0.146. The average molecular weight is 463 g/mol. The molecule has 0 radical (unpaired) electrons. The quantitative estimate of drug-likeness (QED) is 0.456. The van der Waals surface area contributed by atoms with Crippen LogP contribution in [0.3, 0.4) is 0 Å². The van der Waals surface area contributed by atoms with E-state index in [4.69, 9.17) is 9.47 Å². The van der Waals surface area contributed by atoms with Crippen molar-refractivity contribution >= 4 is 0 Å². The number of hydrogen-bond acceptors (Lipinski definition) is 4. The smallest absolute Gasteiger partial charge is 0.124 e. The van der Waals surface area contributed by atoms with Crippen LogP contribution < -0.4 is 14.8 Å². The lowest BCUT2D eigenvalue weighted by Gasteiger charge is -2.35. The van der Waals surface area contributed by atoms with E-state index >= 15 is 0 Å². The summed E-state index contributed by atoms with van der Waals surface area (Å²) in [6.45, 7) is 7.99. The fourth-order valence-electron chi connectivity index (χ4n) is 4.70. The molecule has 4 nitrogen and oxygen atoms in total. The van der Waals surface area contributed by atoms with Crippen LogP contribution in [0.4, 0.5) is 4.39 Å². The highest BCUT2D eigenvalue weighted by molar-refractivity contribution is 5.42. The van der Waals surface area contributed by atoms with Gasteiger partial charge >= 0.3 is 0 Å². The summed E-state index contributed by atoms with van der Waals surface area (Å²) < 4.78 is 26.1. The molecule has 0 spiro atoms. The first-order valence-corrected chi connectivity index (χ1v) is 12.2. The van der Waals surface area contributed by atoms with E-state index in [2.05, 4.69) is 16.8 Å². The van der Waals surface area contributed by atoms with Crippen LogP contribution in [-0.2, 0) is 0 Å². The molecule has 1 aliphatic carbocycles. The molecule has 1 heterocycles. The molecule has 4 rings (SSSR count). The molecule has 180 valence electrons. The second kappa shape index (κ2) is 11.9. The summed E-state index contributed by atoms with van der Waals surface area (Å²) in [5, 5.41) is 3.59.